The van der Waals surface area contributed by atoms with Crippen LogP contribution in [0, 0.1) is 0 Å². The molecule has 0 aliphatic heterocycles. The maximum Gasteiger partial charge on any atom is 0.341 e. The fourth-order valence-electron chi connectivity index (χ4n) is 1.05. The molecule has 0 aliphatic rings. The number of carbonyl (C=O) groups is 2. The summed E-state index contributed by atoms with van der Waals surface area (Å²) in [7, 11) is 1.19. The Labute approximate surface area is 98.3 Å². The minimum Gasteiger partial charge on any atom is -0.507 e. The van der Waals surface area contributed by atoms with E-state index < -0.39 is 11.9 Å². The number of phenols is 1. The van der Waals surface area contributed by atoms with Crippen molar-refractivity contribution < 1.29 is 24.2 Å². The second-order valence-electron chi connectivity index (χ2n) is 3.34. The van der Waals surface area contributed by atoms with Gasteiger partial charge in [-0.25, -0.2) is 9.59 Å². The number of ether oxygens (including phenoxy) is 2. The number of esters is 2. The largest absolute Gasteiger partial charge is 0.507 e. The molecular formula is C12H12O5. The van der Waals surface area contributed by atoms with Gasteiger partial charge >= 0.3 is 11.9 Å². The first-order valence-electron chi connectivity index (χ1n) is 4.74. The lowest BCUT2D eigenvalue weighted by Gasteiger charge is -2.07. The van der Waals surface area contributed by atoms with Crippen molar-refractivity contribution in [1.82, 2.24) is 0 Å². The van der Waals surface area contributed by atoms with Crippen LogP contribution in [-0.4, -0.2) is 24.2 Å². The molecule has 0 heterocycles. The number of carbonyl (C=O) groups excluding carboxylic acids is 2. The number of hydrogen-bond acceptors (Lipinski definition) is 5. The highest BCUT2D eigenvalue weighted by Crippen LogP contribution is 2.24. The van der Waals surface area contributed by atoms with Crippen molar-refractivity contribution >= 4 is 11.9 Å². The van der Waals surface area contributed by atoms with E-state index in [9.17, 15) is 14.7 Å². The second kappa shape index (κ2) is 5.16. The van der Waals surface area contributed by atoms with Gasteiger partial charge in [0.05, 0.1) is 7.11 Å². The molecule has 0 saturated heterocycles. The monoisotopic (exact) mass is 236 g/mol. The maximum absolute atomic E-state index is 11.3. The summed E-state index contributed by atoms with van der Waals surface area (Å²) in [4.78, 5) is 22.5. The first-order chi connectivity index (χ1) is 7.95. The molecule has 90 valence electrons. The third kappa shape index (κ3) is 3.07. The van der Waals surface area contributed by atoms with Crippen molar-refractivity contribution in [1.29, 1.82) is 0 Å². The van der Waals surface area contributed by atoms with Crippen molar-refractivity contribution in [2.75, 3.05) is 7.11 Å². The summed E-state index contributed by atoms with van der Waals surface area (Å²) in [6.45, 7) is 4.93. The van der Waals surface area contributed by atoms with E-state index in [0.29, 0.717) is 0 Å². The van der Waals surface area contributed by atoms with Gasteiger partial charge in [-0.05, 0) is 25.1 Å². The fraction of sp³-hybridized carbons (Fsp3) is 0.167. The molecule has 0 bridgehead atoms. The van der Waals surface area contributed by atoms with Crippen LogP contribution >= 0.6 is 0 Å². The summed E-state index contributed by atoms with van der Waals surface area (Å²) >= 11 is 0. The highest BCUT2D eigenvalue weighted by molar-refractivity contribution is 5.93. The normalized spacial score (nSPS) is 9.53. The molecule has 0 amide bonds. The molecule has 1 N–H and O–H groups in total. The Morgan fingerprint density at radius 3 is 2.53 bits per heavy atom. The molecule has 0 unspecified atom stereocenters. The molecule has 0 atom stereocenters. The van der Waals surface area contributed by atoms with Gasteiger partial charge in [-0.3, -0.25) is 0 Å². The van der Waals surface area contributed by atoms with E-state index in [4.69, 9.17) is 4.74 Å². The topological polar surface area (TPSA) is 72.8 Å². The summed E-state index contributed by atoms with van der Waals surface area (Å²) in [5, 5.41) is 9.42. The number of aromatic hydroxyl groups is 1. The van der Waals surface area contributed by atoms with Crippen LogP contribution in [0.25, 0.3) is 0 Å². The zero-order chi connectivity index (χ0) is 13.0. The summed E-state index contributed by atoms with van der Waals surface area (Å²) in [5.74, 6) is -1.43. The molecule has 1 rings (SSSR count). The number of methoxy groups -OCH3 is 1. The molecule has 0 radical (unpaired) electrons. The van der Waals surface area contributed by atoms with Gasteiger partial charge in [0.2, 0.25) is 0 Å². The SMILES string of the molecule is C=C(C)C(=O)Oc1ccc(O)c(C(=O)OC)c1. The maximum atomic E-state index is 11.3. The van der Waals surface area contributed by atoms with Gasteiger partial charge in [0.25, 0.3) is 0 Å². The second-order valence-corrected chi connectivity index (χ2v) is 3.34. The predicted molar refractivity (Wildman–Crippen MR) is 59.9 cm³/mol. The zero-order valence-corrected chi connectivity index (χ0v) is 9.52. The Hall–Kier alpha value is -2.30. The molecule has 1 aromatic carbocycles. The highest BCUT2D eigenvalue weighted by Gasteiger charge is 2.14. The van der Waals surface area contributed by atoms with Gasteiger partial charge in [0.15, 0.2) is 0 Å². The highest BCUT2D eigenvalue weighted by atomic mass is 16.5. The molecule has 0 spiro atoms. The molecule has 0 fully saturated rings. The van der Waals surface area contributed by atoms with Crippen molar-refractivity contribution in [2.45, 2.75) is 6.92 Å². The number of benzene rings is 1. The van der Waals surface area contributed by atoms with E-state index in [-0.39, 0.29) is 22.6 Å². The van der Waals surface area contributed by atoms with Crippen LogP contribution in [0.4, 0.5) is 0 Å². The number of rotatable bonds is 3. The summed E-state index contributed by atoms with van der Waals surface area (Å²) in [6, 6.07) is 3.83. The van der Waals surface area contributed by atoms with Crippen LogP contribution in [0.2, 0.25) is 0 Å². The van der Waals surface area contributed by atoms with Crippen molar-refractivity contribution in [2.24, 2.45) is 0 Å². The van der Waals surface area contributed by atoms with E-state index in [0.717, 1.165) is 0 Å². The first-order valence-corrected chi connectivity index (χ1v) is 4.74. The molecule has 0 saturated carbocycles. The predicted octanol–water partition coefficient (Wildman–Crippen LogP) is 1.66. The summed E-state index contributed by atoms with van der Waals surface area (Å²) in [6.07, 6.45) is 0. The standard InChI is InChI=1S/C12H12O5/c1-7(2)11(14)17-8-4-5-10(13)9(6-8)12(15)16-3/h4-6,13H,1H2,2-3H3. The van der Waals surface area contributed by atoms with E-state index in [1.54, 1.807) is 0 Å². The Balaban J connectivity index is 3.00. The fourth-order valence-corrected chi connectivity index (χ4v) is 1.05. The van der Waals surface area contributed by atoms with E-state index in [1.165, 1.54) is 32.2 Å². The molecular weight excluding hydrogens is 224 g/mol. The van der Waals surface area contributed by atoms with Crippen LogP contribution in [0.5, 0.6) is 11.5 Å². The number of phenolic OH excluding ortho intramolecular Hbond substituents is 1. The van der Waals surface area contributed by atoms with E-state index >= 15 is 0 Å². The lowest BCUT2D eigenvalue weighted by molar-refractivity contribution is -0.130. The van der Waals surface area contributed by atoms with Crippen molar-refractivity contribution in [3.05, 3.63) is 35.9 Å². The minimum absolute atomic E-state index is 0.0699. The van der Waals surface area contributed by atoms with E-state index in [2.05, 4.69) is 11.3 Å². The average molecular weight is 236 g/mol. The van der Waals surface area contributed by atoms with Crippen LogP contribution in [0.3, 0.4) is 0 Å². The average Bonchev–Trinajstić information content (AvgIpc) is 2.30. The summed E-state index contributed by atoms with van der Waals surface area (Å²) in [5.41, 5.74) is 0.164. The Morgan fingerprint density at radius 1 is 1.35 bits per heavy atom. The molecule has 5 nitrogen and oxygen atoms in total. The van der Waals surface area contributed by atoms with Gasteiger partial charge < -0.3 is 14.6 Å². The van der Waals surface area contributed by atoms with Crippen LogP contribution < -0.4 is 4.74 Å². The smallest absolute Gasteiger partial charge is 0.341 e. The van der Waals surface area contributed by atoms with Gasteiger partial charge in [0, 0.05) is 5.57 Å². The third-order valence-electron chi connectivity index (χ3n) is 1.93. The molecule has 0 aromatic heterocycles. The van der Waals surface area contributed by atoms with E-state index in [1.807, 2.05) is 0 Å². The lowest BCUT2D eigenvalue weighted by atomic mass is 10.2. The Bertz CT molecular complexity index is 476. The van der Waals surface area contributed by atoms with Crippen LogP contribution in [0.15, 0.2) is 30.4 Å². The lowest BCUT2D eigenvalue weighted by Crippen LogP contribution is -2.09. The first kappa shape index (κ1) is 12.8. The Kier molecular flexibility index (Phi) is 3.87. The van der Waals surface area contributed by atoms with Crippen molar-refractivity contribution in [3.8, 4) is 11.5 Å². The number of hydrogen-bond donors (Lipinski definition) is 1. The summed E-state index contributed by atoms with van der Waals surface area (Å²) < 4.78 is 9.38. The van der Waals surface area contributed by atoms with Crippen molar-refractivity contribution in [3.63, 3.8) is 0 Å². The van der Waals surface area contributed by atoms with Crippen LogP contribution in [-0.2, 0) is 9.53 Å². The third-order valence-corrected chi connectivity index (χ3v) is 1.93. The Morgan fingerprint density at radius 2 is 2.00 bits per heavy atom. The molecule has 1 aromatic rings. The molecule has 0 aliphatic carbocycles. The van der Waals surface area contributed by atoms with Gasteiger partial charge in [-0.2, -0.15) is 0 Å². The zero-order valence-electron chi connectivity index (χ0n) is 9.52. The molecule has 5 heteroatoms. The quantitative estimate of drug-likeness (QED) is 0.491. The minimum atomic E-state index is -0.712. The van der Waals surface area contributed by atoms with Gasteiger partial charge in [0.1, 0.15) is 17.1 Å². The molecule has 17 heavy (non-hydrogen) atoms. The van der Waals surface area contributed by atoms with Gasteiger partial charge in [-0.15, -0.1) is 0 Å². The van der Waals surface area contributed by atoms with Crippen LogP contribution in [0.1, 0.15) is 17.3 Å². The van der Waals surface area contributed by atoms with Gasteiger partial charge in [-0.1, -0.05) is 6.58 Å².